The van der Waals surface area contributed by atoms with Crippen LogP contribution >= 0.6 is 11.8 Å². The van der Waals surface area contributed by atoms with Gasteiger partial charge in [-0.1, -0.05) is 67.2 Å². The number of fused-ring (bicyclic) bond motifs is 1. The van der Waals surface area contributed by atoms with E-state index in [9.17, 15) is 4.79 Å². The van der Waals surface area contributed by atoms with Crippen LogP contribution in [0.5, 0.6) is 0 Å². The molecular formula is C16H16OS. The fourth-order valence-electron chi connectivity index (χ4n) is 1.80. The molecular weight excluding hydrogens is 240 g/mol. The smallest absolute Gasteiger partial charge is 0.197 e. The van der Waals surface area contributed by atoms with E-state index in [1.807, 2.05) is 36.4 Å². The van der Waals surface area contributed by atoms with Crippen molar-refractivity contribution in [3.63, 3.8) is 0 Å². The van der Waals surface area contributed by atoms with E-state index in [1.54, 1.807) is 0 Å². The maximum Gasteiger partial charge on any atom is 0.197 e. The molecule has 2 rings (SSSR count). The Morgan fingerprint density at radius 3 is 2.72 bits per heavy atom. The first kappa shape index (κ1) is 12.9. The molecule has 92 valence electrons. The highest BCUT2D eigenvalue weighted by atomic mass is 32.2. The normalized spacial score (nSPS) is 11.2. The van der Waals surface area contributed by atoms with Gasteiger partial charge in [0.05, 0.1) is 0 Å². The lowest BCUT2D eigenvalue weighted by molar-refractivity contribution is -0.110. The zero-order valence-corrected chi connectivity index (χ0v) is 11.2. The quantitative estimate of drug-likeness (QED) is 0.576. The monoisotopic (exact) mass is 256 g/mol. The predicted octanol–water partition coefficient (Wildman–Crippen LogP) is 4.81. The Labute approximate surface area is 112 Å². The third kappa shape index (κ3) is 3.23. The van der Waals surface area contributed by atoms with E-state index in [0.29, 0.717) is 6.42 Å². The van der Waals surface area contributed by atoms with Crippen LogP contribution in [-0.4, -0.2) is 5.12 Å². The Kier molecular flexibility index (Phi) is 4.59. The SMILES string of the molecule is CC/C=C/CC(=O)Sc1cccc2ccccc12. The van der Waals surface area contributed by atoms with Crippen LogP contribution in [0.3, 0.4) is 0 Å². The molecule has 0 aliphatic rings. The van der Waals surface area contributed by atoms with Gasteiger partial charge < -0.3 is 0 Å². The summed E-state index contributed by atoms with van der Waals surface area (Å²) in [6.07, 6.45) is 5.45. The molecule has 0 N–H and O–H groups in total. The second-order valence-corrected chi connectivity index (χ2v) is 5.13. The lowest BCUT2D eigenvalue weighted by atomic mass is 10.1. The zero-order chi connectivity index (χ0) is 12.8. The van der Waals surface area contributed by atoms with Crippen LogP contribution in [-0.2, 0) is 4.79 Å². The Hall–Kier alpha value is -1.54. The molecule has 0 heterocycles. The van der Waals surface area contributed by atoms with E-state index in [2.05, 4.69) is 25.1 Å². The molecule has 0 unspecified atom stereocenters. The molecule has 0 fully saturated rings. The predicted molar refractivity (Wildman–Crippen MR) is 78.9 cm³/mol. The fourth-order valence-corrected chi connectivity index (χ4v) is 2.66. The Balaban J connectivity index is 2.16. The van der Waals surface area contributed by atoms with Crippen molar-refractivity contribution in [2.75, 3.05) is 0 Å². The van der Waals surface area contributed by atoms with Gasteiger partial charge in [-0.2, -0.15) is 0 Å². The van der Waals surface area contributed by atoms with Gasteiger partial charge in [-0.25, -0.2) is 0 Å². The van der Waals surface area contributed by atoms with E-state index < -0.39 is 0 Å². The van der Waals surface area contributed by atoms with Crippen LogP contribution in [0.2, 0.25) is 0 Å². The summed E-state index contributed by atoms with van der Waals surface area (Å²) in [7, 11) is 0. The topological polar surface area (TPSA) is 17.1 Å². The molecule has 18 heavy (non-hydrogen) atoms. The molecule has 2 aromatic rings. The number of hydrogen-bond acceptors (Lipinski definition) is 2. The number of thioether (sulfide) groups is 1. The van der Waals surface area contributed by atoms with E-state index in [0.717, 1.165) is 16.7 Å². The standard InChI is InChI=1S/C16H16OS/c1-2-3-4-12-16(17)18-15-11-7-9-13-8-5-6-10-14(13)15/h3-11H,2,12H2,1H3/b4-3+. The minimum absolute atomic E-state index is 0.191. The van der Waals surface area contributed by atoms with Crippen LogP contribution < -0.4 is 0 Å². The van der Waals surface area contributed by atoms with Crippen molar-refractivity contribution < 1.29 is 4.79 Å². The van der Waals surface area contributed by atoms with Crippen LogP contribution in [0.25, 0.3) is 10.8 Å². The highest BCUT2D eigenvalue weighted by Gasteiger charge is 2.06. The first-order valence-corrected chi connectivity index (χ1v) is 6.96. The van der Waals surface area contributed by atoms with Crippen LogP contribution in [0.15, 0.2) is 59.5 Å². The van der Waals surface area contributed by atoms with Gasteiger partial charge in [-0.15, -0.1) is 0 Å². The Morgan fingerprint density at radius 1 is 1.11 bits per heavy atom. The first-order chi connectivity index (χ1) is 8.81. The van der Waals surface area contributed by atoms with Crippen LogP contribution in [0, 0.1) is 0 Å². The molecule has 0 aromatic heterocycles. The third-order valence-electron chi connectivity index (χ3n) is 2.66. The molecule has 0 spiro atoms. The zero-order valence-electron chi connectivity index (χ0n) is 10.4. The Bertz CT molecular complexity index is 567. The second kappa shape index (κ2) is 6.41. The number of carbonyl (C=O) groups is 1. The van der Waals surface area contributed by atoms with Crippen molar-refractivity contribution in [2.45, 2.75) is 24.7 Å². The highest BCUT2D eigenvalue weighted by Crippen LogP contribution is 2.28. The minimum atomic E-state index is 0.191. The molecule has 0 aliphatic heterocycles. The summed E-state index contributed by atoms with van der Waals surface area (Å²) < 4.78 is 0. The summed E-state index contributed by atoms with van der Waals surface area (Å²) >= 11 is 1.33. The number of allylic oxidation sites excluding steroid dienone is 2. The van der Waals surface area contributed by atoms with E-state index >= 15 is 0 Å². The number of rotatable bonds is 4. The molecule has 0 atom stereocenters. The fraction of sp³-hybridized carbons (Fsp3) is 0.188. The lowest BCUT2D eigenvalue weighted by Crippen LogP contribution is -1.89. The van der Waals surface area contributed by atoms with Crippen LogP contribution in [0.1, 0.15) is 19.8 Å². The van der Waals surface area contributed by atoms with Crippen molar-refractivity contribution in [1.29, 1.82) is 0 Å². The summed E-state index contributed by atoms with van der Waals surface area (Å²) in [5, 5.41) is 2.52. The molecule has 0 aliphatic carbocycles. The largest absolute Gasteiger partial charge is 0.286 e. The van der Waals surface area contributed by atoms with E-state index in [1.165, 1.54) is 17.1 Å². The first-order valence-electron chi connectivity index (χ1n) is 6.14. The number of carbonyl (C=O) groups excluding carboxylic acids is 1. The number of hydrogen-bond donors (Lipinski definition) is 0. The average Bonchev–Trinajstić information content (AvgIpc) is 2.39. The van der Waals surface area contributed by atoms with Gasteiger partial charge in [-0.05, 0) is 23.3 Å². The molecule has 0 bridgehead atoms. The molecule has 2 aromatic carbocycles. The van der Waals surface area contributed by atoms with E-state index in [4.69, 9.17) is 0 Å². The molecule has 2 heteroatoms. The minimum Gasteiger partial charge on any atom is -0.286 e. The maximum absolute atomic E-state index is 11.8. The summed E-state index contributed by atoms with van der Waals surface area (Å²) in [6, 6.07) is 14.2. The summed E-state index contributed by atoms with van der Waals surface area (Å²) in [5.41, 5.74) is 0. The summed E-state index contributed by atoms with van der Waals surface area (Å²) in [4.78, 5) is 12.9. The second-order valence-electron chi connectivity index (χ2n) is 4.04. The van der Waals surface area contributed by atoms with Gasteiger partial charge in [0.2, 0.25) is 0 Å². The maximum atomic E-state index is 11.8. The van der Waals surface area contributed by atoms with Gasteiger partial charge in [0.25, 0.3) is 0 Å². The lowest BCUT2D eigenvalue weighted by Gasteiger charge is -2.04. The van der Waals surface area contributed by atoms with Gasteiger partial charge in [0, 0.05) is 11.3 Å². The number of benzene rings is 2. The van der Waals surface area contributed by atoms with Crippen molar-refractivity contribution >= 4 is 27.6 Å². The molecule has 1 nitrogen and oxygen atoms in total. The summed E-state index contributed by atoms with van der Waals surface area (Å²) in [6.45, 7) is 2.07. The molecule has 0 saturated heterocycles. The van der Waals surface area contributed by atoms with Crippen LogP contribution in [0.4, 0.5) is 0 Å². The van der Waals surface area contributed by atoms with Crippen molar-refractivity contribution in [1.82, 2.24) is 0 Å². The summed E-state index contributed by atoms with van der Waals surface area (Å²) in [5.74, 6) is 0. The van der Waals surface area contributed by atoms with Crippen molar-refractivity contribution in [2.24, 2.45) is 0 Å². The average molecular weight is 256 g/mol. The van der Waals surface area contributed by atoms with Crippen molar-refractivity contribution in [3.05, 3.63) is 54.6 Å². The third-order valence-corrected chi connectivity index (χ3v) is 3.63. The van der Waals surface area contributed by atoms with Gasteiger partial charge in [0.1, 0.15) is 0 Å². The molecule has 0 saturated carbocycles. The van der Waals surface area contributed by atoms with Gasteiger partial charge in [-0.3, -0.25) is 4.79 Å². The van der Waals surface area contributed by atoms with Crippen molar-refractivity contribution in [3.8, 4) is 0 Å². The van der Waals surface area contributed by atoms with Gasteiger partial charge in [0.15, 0.2) is 5.12 Å². The van der Waals surface area contributed by atoms with E-state index in [-0.39, 0.29) is 5.12 Å². The van der Waals surface area contributed by atoms with Gasteiger partial charge >= 0.3 is 0 Å². The molecule has 0 radical (unpaired) electrons. The Morgan fingerprint density at radius 2 is 1.89 bits per heavy atom. The highest BCUT2D eigenvalue weighted by molar-refractivity contribution is 8.13. The molecule has 0 amide bonds.